The molecular weight excluding hydrogens is 258 g/mol. The number of benzene rings is 1. The Kier molecular flexibility index (Phi) is 6.59. The van der Waals surface area contributed by atoms with Gasteiger partial charge in [-0.3, -0.25) is 0 Å². The van der Waals surface area contributed by atoms with Gasteiger partial charge in [-0.1, -0.05) is 18.2 Å². The van der Waals surface area contributed by atoms with Gasteiger partial charge in [0.25, 0.3) is 0 Å². The predicted molar refractivity (Wildman–Crippen MR) is 65.0 cm³/mol. The van der Waals surface area contributed by atoms with Gasteiger partial charge in [0.2, 0.25) is 0 Å². The number of para-hydroxylation sites is 1. The van der Waals surface area contributed by atoms with Gasteiger partial charge in [-0.2, -0.15) is 8.78 Å². The fourth-order valence-electron chi connectivity index (χ4n) is 1.38. The molecule has 1 aromatic carbocycles. The summed E-state index contributed by atoms with van der Waals surface area (Å²) in [5, 5.41) is 13.6. The van der Waals surface area contributed by atoms with E-state index >= 15 is 0 Å². The maximum atomic E-state index is 12.2. The lowest BCUT2D eigenvalue weighted by molar-refractivity contribution is -0.0504. The molecular formula is C12H16F2N2O3. The van der Waals surface area contributed by atoms with Gasteiger partial charge in [-0.05, 0) is 12.5 Å². The number of urea groups is 1. The highest BCUT2D eigenvalue weighted by Crippen LogP contribution is 2.19. The van der Waals surface area contributed by atoms with E-state index in [-0.39, 0.29) is 18.9 Å². The maximum Gasteiger partial charge on any atom is 0.387 e. The molecule has 0 aromatic heterocycles. The van der Waals surface area contributed by atoms with Gasteiger partial charge in [0.15, 0.2) is 0 Å². The number of aliphatic hydroxyl groups excluding tert-OH is 1. The number of rotatable bonds is 7. The number of amides is 2. The van der Waals surface area contributed by atoms with Crippen LogP contribution in [0.1, 0.15) is 12.0 Å². The molecule has 0 saturated carbocycles. The maximum absolute atomic E-state index is 12.2. The molecule has 0 aliphatic rings. The smallest absolute Gasteiger partial charge is 0.387 e. The minimum Gasteiger partial charge on any atom is -0.434 e. The van der Waals surface area contributed by atoms with E-state index in [0.29, 0.717) is 18.5 Å². The van der Waals surface area contributed by atoms with E-state index in [0.717, 1.165) is 0 Å². The van der Waals surface area contributed by atoms with Crippen molar-refractivity contribution >= 4 is 6.03 Å². The minimum atomic E-state index is -2.90. The summed E-state index contributed by atoms with van der Waals surface area (Å²) in [6, 6.07) is 5.81. The Labute approximate surface area is 109 Å². The first kappa shape index (κ1) is 15.2. The van der Waals surface area contributed by atoms with Gasteiger partial charge in [0, 0.05) is 25.3 Å². The average Bonchev–Trinajstić information content (AvgIpc) is 2.37. The van der Waals surface area contributed by atoms with Gasteiger partial charge < -0.3 is 20.5 Å². The van der Waals surface area contributed by atoms with E-state index in [1.807, 2.05) is 0 Å². The summed E-state index contributed by atoms with van der Waals surface area (Å²) in [4.78, 5) is 11.3. The first-order valence-corrected chi connectivity index (χ1v) is 5.78. The molecule has 5 nitrogen and oxygen atoms in total. The fraction of sp³-hybridized carbons (Fsp3) is 0.417. The monoisotopic (exact) mass is 274 g/mol. The van der Waals surface area contributed by atoms with Crippen molar-refractivity contribution in [2.45, 2.75) is 19.6 Å². The zero-order valence-electron chi connectivity index (χ0n) is 10.2. The number of carbonyl (C=O) groups is 1. The van der Waals surface area contributed by atoms with E-state index in [4.69, 9.17) is 5.11 Å². The second-order valence-electron chi connectivity index (χ2n) is 3.67. The second kappa shape index (κ2) is 8.25. The summed E-state index contributed by atoms with van der Waals surface area (Å²) in [6.45, 7) is -2.49. The van der Waals surface area contributed by atoms with Crippen LogP contribution in [-0.2, 0) is 6.54 Å². The number of alkyl halides is 2. The summed E-state index contributed by atoms with van der Waals surface area (Å²) in [5.41, 5.74) is 0.458. The standard InChI is InChI=1S/C12H16F2N2O3/c13-11(14)19-10-5-2-1-4-9(10)8-16-12(18)15-6-3-7-17/h1-2,4-5,11,17H,3,6-8H2,(H2,15,16,18). The molecule has 0 spiro atoms. The highest BCUT2D eigenvalue weighted by Gasteiger charge is 2.09. The van der Waals surface area contributed by atoms with Crippen molar-refractivity contribution in [1.82, 2.24) is 10.6 Å². The molecule has 0 saturated heterocycles. The van der Waals surface area contributed by atoms with Crippen LogP contribution in [0, 0.1) is 0 Å². The molecule has 0 unspecified atom stereocenters. The molecule has 1 rings (SSSR count). The molecule has 0 radical (unpaired) electrons. The van der Waals surface area contributed by atoms with E-state index in [2.05, 4.69) is 15.4 Å². The van der Waals surface area contributed by atoms with Gasteiger partial charge in [-0.25, -0.2) is 4.79 Å². The molecule has 0 heterocycles. The molecule has 106 valence electrons. The van der Waals surface area contributed by atoms with Crippen molar-refractivity contribution in [3.05, 3.63) is 29.8 Å². The number of hydrogen-bond acceptors (Lipinski definition) is 3. The number of nitrogens with one attached hydrogen (secondary N) is 2. The summed E-state index contributed by atoms with van der Waals surface area (Å²) in [6.07, 6.45) is 0.457. The summed E-state index contributed by atoms with van der Waals surface area (Å²) in [5.74, 6) is 0.0353. The fourth-order valence-corrected chi connectivity index (χ4v) is 1.38. The molecule has 0 fully saturated rings. The lowest BCUT2D eigenvalue weighted by Crippen LogP contribution is -2.35. The Morgan fingerprint density at radius 1 is 1.32 bits per heavy atom. The normalized spacial score (nSPS) is 10.3. The van der Waals surface area contributed by atoms with Crippen LogP contribution in [0.4, 0.5) is 13.6 Å². The Balaban J connectivity index is 2.46. The third-order valence-corrected chi connectivity index (χ3v) is 2.25. The van der Waals surface area contributed by atoms with E-state index in [1.165, 1.54) is 6.07 Å². The van der Waals surface area contributed by atoms with Gasteiger partial charge >= 0.3 is 12.6 Å². The van der Waals surface area contributed by atoms with Crippen LogP contribution in [0.3, 0.4) is 0 Å². The molecule has 0 atom stereocenters. The number of aliphatic hydroxyl groups is 1. The summed E-state index contributed by atoms with van der Waals surface area (Å²) < 4.78 is 28.7. The highest BCUT2D eigenvalue weighted by atomic mass is 19.3. The van der Waals surface area contributed by atoms with Crippen molar-refractivity contribution in [2.24, 2.45) is 0 Å². The predicted octanol–water partition coefficient (Wildman–Crippen LogP) is 1.47. The van der Waals surface area contributed by atoms with Crippen LogP contribution >= 0.6 is 0 Å². The van der Waals surface area contributed by atoms with Gasteiger partial charge in [0.05, 0.1) is 0 Å². The molecule has 2 amide bonds. The van der Waals surface area contributed by atoms with Crippen LogP contribution in [0.25, 0.3) is 0 Å². The Bertz CT molecular complexity index is 402. The SMILES string of the molecule is O=C(NCCCO)NCc1ccccc1OC(F)F. The van der Waals surface area contributed by atoms with E-state index in [9.17, 15) is 13.6 Å². The Morgan fingerprint density at radius 3 is 2.74 bits per heavy atom. The van der Waals surface area contributed by atoms with E-state index < -0.39 is 12.6 Å². The number of halogens is 2. The van der Waals surface area contributed by atoms with Crippen LogP contribution in [-0.4, -0.2) is 30.9 Å². The lowest BCUT2D eigenvalue weighted by Gasteiger charge is -2.11. The number of hydrogen-bond donors (Lipinski definition) is 3. The molecule has 7 heteroatoms. The zero-order chi connectivity index (χ0) is 14.1. The van der Waals surface area contributed by atoms with Crippen molar-refractivity contribution in [3.8, 4) is 5.75 Å². The van der Waals surface area contributed by atoms with Crippen molar-refractivity contribution in [2.75, 3.05) is 13.2 Å². The first-order valence-electron chi connectivity index (χ1n) is 5.78. The van der Waals surface area contributed by atoms with Crippen LogP contribution in [0.15, 0.2) is 24.3 Å². The summed E-state index contributed by atoms with van der Waals surface area (Å²) in [7, 11) is 0. The number of ether oxygens (including phenoxy) is 1. The average molecular weight is 274 g/mol. The highest BCUT2D eigenvalue weighted by molar-refractivity contribution is 5.73. The van der Waals surface area contributed by atoms with Gasteiger partial charge in [0.1, 0.15) is 5.75 Å². The quantitative estimate of drug-likeness (QED) is 0.659. The molecule has 0 bridgehead atoms. The molecule has 19 heavy (non-hydrogen) atoms. The summed E-state index contributed by atoms with van der Waals surface area (Å²) >= 11 is 0. The third kappa shape index (κ3) is 6.01. The van der Waals surface area contributed by atoms with Crippen LogP contribution in [0.2, 0.25) is 0 Å². The first-order chi connectivity index (χ1) is 9.13. The van der Waals surface area contributed by atoms with Crippen molar-refractivity contribution in [1.29, 1.82) is 0 Å². The molecule has 1 aromatic rings. The zero-order valence-corrected chi connectivity index (χ0v) is 10.2. The van der Waals surface area contributed by atoms with E-state index in [1.54, 1.807) is 18.2 Å². The van der Waals surface area contributed by atoms with Crippen LogP contribution < -0.4 is 15.4 Å². The van der Waals surface area contributed by atoms with Gasteiger partial charge in [-0.15, -0.1) is 0 Å². The largest absolute Gasteiger partial charge is 0.434 e. The molecule has 0 aliphatic heterocycles. The van der Waals surface area contributed by atoms with Crippen molar-refractivity contribution in [3.63, 3.8) is 0 Å². The Morgan fingerprint density at radius 2 is 2.05 bits per heavy atom. The van der Waals surface area contributed by atoms with Crippen molar-refractivity contribution < 1.29 is 23.4 Å². The number of carbonyl (C=O) groups excluding carboxylic acids is 1. The minimum absolute atomic E-state index is 0.00859. The lowest BCUT2D eigenvalue weighted by atomic mass is 10.2. The van der Waals surface area contributed by atoms with Crippen LogP contribution in [0.5, 0.6) is 5.75 Å². The topological polar surface area (TPSA) is 70.6 Å². The third-order valence-electron chi connectivity index (χ3n) is 2.25. The molecule has 0 aliphatic carbocycles. The second-order valence-corrected chi connectivity index (χ2v) is 3.67. The Hall–Kier alpha value is -1.89. The molecule has 3 N–H and O–H groups in total.